The van der Waals surface area contributed by atoms with Crippen LogP contribution in [0.1, 0.15) is 43.6 Å². The fraction of sp³-hybridized carbons (Fsp3) is 0.500. The minimum absolute atomic E-state index is 0.0614. The molecule has 0 saturated heterocycles. The maximum Gasteiger partial charge on any atom is 0.136 e. The summed E-state index contributed by atoms with van der Waals surface area (Å²) in [6.45, 7) is 0. The molecule has 0 bridgehead atoms. The van der Waals surface area contributed by atoms with Gasteiger partial charge in [0.2, 0.25) is 0 Å². The van der Waals surface area contributed by atoms with Crippen LogP contribution in [0.25, 0.3) is 0 Å². The summed E-state index contributed by atoms with van der Waals surface area (Å²) in [4.78, 5) is 0. The summed E-state index contributed by atoms with van der Waals surface area (Å²) >= 11 is 2.04. The summed E-state index contributed by atoms with van der Waals surface area (Å²) in [6.07, 6.45) is 6.43. The number of benzene rings is 1. The Morgan fingerprint density at radius 3 is 2.50 bits per heavy atom. The van der Waals surface area contributed by atoms with Gasteiger partial charge < -0.3 is 0 Å². The molecule has 76 valence electrons. The maximum absolute atomic E-state index is 13.3. The highest BCUT2D eigenvalue weighted by molar-refractivity contribution is 14.1. The Labute approximate surface area is 98.0 Å². The van der Waals surface area contributed by atoms with E-state index in [1.807, 2.05) is 28.7 Å². The molecule has 0 N–H and O–H groups in total. The van der Waals surface area contributed by atoms with E-state index in [-0.39, 0.29) is 5.82 Å². The topological polar surface area (TPSA) is 0 Å². The molecule has 1 saturated carbocycles. The first-order valence-corrected chi connectivity index (χ1v) is 6.30. The van der Waals surface area contributed by atoms with Crippen molar-refractivity contribution in [3.63, 3.8) is 0 Å². The smallest absolute Gasteiger partial charge is 0.136 e. The standard InChI is InChI=1S/C12H14FI/c13-11-8-10(6-7-12(11)14)9-4-2-1-3-5-9/h6-9H,1-5H2. The second-order valence-electron chi connectivity index (χ2n) is 4.01. The van der Waals surface area contributed by atoms with Crippen LogP contribution < -0.4 is 0 Å². The van der Waals surface area contributed by atoms with Gasteiger partial charge >= 0.3 is 0 Å². The second-order valence-corrected chi connectivity index (χ2v) is 5.17. The molecule has 0 aliphatic heterocycles. The highest BCUT2D eigenvalue weighted by Crippen LogP contribution is 2.33. The van der Waals surface area contributed by atoms with Crippen molar-refractivity contribution in [1.29, 1.82) is 0 Å². The molecule has 1 aromatic carbocycles. The van der Waals surface area contributed by atoms with Crippen LogP contribution in [0.15, 0.2) is 18.2 Å². The number of hydrogen-bond donors (Lipinski definition) is 0. The molecule has 0 aromatic heterocycles. The Morgan fingerprint density at radius 1 is 1.14 bits per heavy atom. The van der Waals surface area contributed by atoms with Crippen molar-refractivity contribution in [3.05, 3.63) is 33.1 Å². The second kappa shape index (κ2) is 4.60. The van der Waals surface area contributed by atoms with Crippen LogP contribution in [0.5, 0.6) is 0 Å². The first-order chi connectivity index (χ1) is 6.77. The van der Waals surface area contributed by atoms with Crippen LogP contribution in [0, 0.1) is 9.39 Å². The molecule has 0 heterocycles. The van der Waals surface area contributed by atoms with Crippen LogP contribution in [0.4, 0.5) is 4.39 Å². The Morgan fingerprint density at radius 2 is 1.86 bits per heavy atom. The predicted molar refractivity (Wildman–Crippen MR) is 64.9 cm³/mol. The van der Waals surface area contributed by atoms with Crippen molar-refractivity contribution in [2.75, 3.05) is 0 Å². The molecule has 2 heteroatoms. The van der Waals surface area contributed by atoms with Gasteiger partial charge in [0.25, 0.3) is 0 Å². The van der Waals surface area contributed by atoms with Crippen LogP contribution in [-0.4, -0.2) is 0 Å². The van der Waals surface area contributed by atoms with Crippen molar-refractivity contribution in [1.82, 2.24) is 0 Å². The highest BCUT2D eigenvalue weighted by Gasteiger charge is 2.16. The van der Waals surface area contributed by atoms with Gasteiger partial charge in [0.15, 0.2) is 0 Å². The molecule has 1 aliphatic rings. The molecule has 0 nitrogen and oxygen atoms in total. The summed E-state index contributed by atoms with van der Waals surface area (Å²) in [7, 11) is 0. The zero-order chi connectivity index (χ0) is 9.97. The number of halogens is 2. The first kappa shape index (κ1) is 10.4. The molecular formula is C12H14FI. The van der Waals surface area contributed by atoms with E-state index in [0.29, 0.717) is 5.92 Å². The summed E-state index contributed by atoms with van der Waals surface area (Å²) in [5, 5.41) is 0. The fourth-order valence-corrected chi connectivity index (χ4v) is 2.54. The van der Waals surface area contributed by atoms with Crippen molar-refractivity contribution in [2.45, 2.75) is 38.0 Å². The van der Waals surface area contributed by atoms with Crippen LogP contribution in [-0.2, 0) is 0 Å². The van der Waals surface area contributed by atoms with E-state index in [1.165, 1.54) is 37.7 Å². The van der Waals surface area contributed by atoms with Gasteiger partial charge in [0.1, 0.15) is 5.82 Å². The molecule has 2 rings (SSSR count). The van der Waals surface area contributed by atoms with E-state index in [1.54, 1.807) is 6.07 Å². The van der Waals surface area contributed by atoms with Crippen LogP contribution >= 0.6 is 22.6 Å². The average Bonchev–Trinajstić information content (AvgIpc) is 2.23. The summed E-state index contributed by atoms with van der Waals surface area (Å²) in [6, 6.07) is 5.69. The highest BCUT2D eigenvalue weighted by atomic mass is 127. The zero-order valence-electron chi connectivity index (χ0n) is 8.10. The Kier molecular flexibility index (Phi) is 3.42. The van der Waals surface area contributed by atoms with E-state index >= 15 is 0 Å². The van der Waals surface area contributed by atoms with Crippen molar-refractivity contribution >= 4 is 22.6 Å². The number of hydrogen-bond acceptors (Lipinski definition) is 0. The van der Waals surface area contributed by atoms with E-state index in [0.717, 1.165) is 3.57 Å². The molecule has 0 unspecified atom stereocenters. The first-order valence-electron chi connectivity index (χ1n) is 5.22. The molecule has 0 radical (unpaired) electrons. The largest absolute Gasteiger partial charge is 0.206 e. The molecule has 0 spiro atoms. The summed E-state index contributed by atoms with van der Waals surface area (Å²) in [5.74, 6) is 0.545. The SMILES string of the molecule is Fc1cc(C2CCCCC2)ccc1I. The lowest BCUT2D eigenvalue weighted by Crippen LogP contribution is -2.04. The van der Waals surface area contributed by atoms with E-state index in [9.17, 15) is 4.39 Å². The molecule has 0 amide bonds. The summed E-state index contributed by atoms with van der Waals surface area (Å²) in [5.41, 5.74) is 1.20. The third-order valence-corrected chi connectivity index (χ3v) is 3.90. The molecule has 1 aliphatic carbocycles. The van der Waals surface area contributed by atoms with E-state index in [2.05, 4.69) is 6.07 Å². The van der Waals surface area contributed by atoms with Crippen molar-refractivity contribution < 1.29 is 4.39 Å². The number of rotatable bonds is 1. The van der Waals surface area contributed by atoms with E-state index < -0.39 is 0 Å². The summed E-state index contributed by atoms with van der Waals surface area (Å²) < 4.78 is 14.1. The minimum atomic E-state index is -0.0614. The lowest BCUT2D eigenvalue weighted by atomic mass is 9.84. The lowest BCUT2D eigenvalue weighted by Gasteiger charge is -2.21. The molecule has 0 atom stereocenters. The monoisotopic (exact) mass is 304 g/mol. The molecular weight excluding hydrogens is 290 g/mol. The van der Waals surface area contributed by atoms with Gasteiger partial charge in [-0.05, 0) is 59.0 Å². The van der Waals surface area contributed by atoms with Gasteiger partial charge in [-0.3, -0.25) is 0 Å². The van der Waals surface area contributed by atoms with Gasteiger partial charge in [0.05, 0.1) is 0 Å². The predicted octanol–water partition coefficient (Wildman–Crippen LogP) is 4.48. The Bertz CT molecular complexity index is 316. The third kappa shape index (κ3) is 2.27. The van der Waals surface area contributed by atoms with E-state index in [4.69, 9.17) is 0 Å². The third-order valence-electron chi connectivity index (χ3n) is 3.02. The maximum atomic E-state index is 13.3. The van der Waals surface area contributed by atoms with Gasteiger partial charge in [-0.25, -0.2) is 4.39 Å². The van der Waals surface area contributed by atoms with Gasteiger partial charge in [0, 0.05) is 3.57 Å². The van der Waals surface area contributed by atoms with Crippen LogP contribution in [0.3, 0.4) is 0 Å². The average molecular weight is 304 g/mol. The van der Waals surface area contributed by atoms with Gasteiger partial charge in [-0.2, -0.15) is 0 Å². The van der Waals surface area contributed by atoms with Crippen LogP contribution in [0.2, 0.25) is 0 Å². The normalized spacial score (nSPS) is 18.4. The molecule has 1 aromatic rings. The lowest BCUT2D eigenvalue weighted by molar-refractivity contribution is 0.442. The van der Waals surface area contributed by atoms with Crippen molar-refractivity contribution in [3.8, 4) is 0 Å². The van der Waals surface area contributed by atoms with Crippen molar-refractivity contribution in [2.24, 2.45) is 0 Å². The van der Waals surface area contributed by atoms with Gasteiger partial charge in [-0.15, -0.1) is 0 Å². The zero-order valence-corrected chi connectivity index (χ0v) is 10.3. The quantitative estimate of drug-likeness (QED) is 0.671. The Hall–Kier alpha value is -0.120. The molecule has 1 fully saturated rings. The molecule has 14 heavy (non-hydrogen) atoms. The fourth-order valence-electron chi connectivity index (χ4n) is 2.20. The van der Waals surface area contributed by atoms with Gasteiger partial charge in [-0.1, -0.05) is 25.3 Å². The minimum Gasteiger partial charge on any atom is -0.206 e. The Balaban J connectivity index is 2.18.